The Labute approximate surface area is 354 Å². The van der Waals surface area contributed by atoms with Crippen molar-refractivity contribution in [1.82, 2.24) is 19.9 Å². The summed E-state index contributed by atoms with van der Waals surface area (Å²) in [5, 5.41) is 11.3. The molecule has 3 fully saturated rings. The molecule has 4 aliphatic heterocycles. The summed E-state index contributed by atoms with van der Waals surface area (Å²) in [6, 6.07) is 22.9. The standard InChI is InChI=1S/C48H58FN9S/c1-8-55(7)59-54-47-11-9-10-44(48(47)49)36(5)45-31-51-50-30-40(28-33(45)2)39-13-17-43(18-14-39)58-27-26-57(32-58)35(4)29-38-22-24-56(25-23-38)42-19-15-41(16-20-42)53-46-21-12-34(3)52-37(46)6/h9-11,13-20,28,30-31,38,46,51-54H,2-6,8,12,21-27,29,32H2,1,7H3/b40-28?,45-31+,50-30?. The highest BCUT2D eigenvalue weighted by Crippen LogP contribution is 2.35. The smallest absolute Gasteiger partial charge is 0.154 e. The lowest BCUT2D eigenvalue weighted by Gasteiger charge is -2.35. The molecular formula is C48H58FN9S. The Bertz CT molecular complexity index is 2150. The maximum Gasteiger partial charge on any atom is 0.154 e. The van der Waals surface area contributed by atoms with Crippen LogP contribution in [0, 0.1) is 11.7 Å². The minimum atomic E-state index is -0.364. The number of piperidine rings is 2. The lowest BCUT2D eigenvalue weighted by molar-refractivity contribution is 0.341. The molecule has 7 rings (SSSR count). The van der Waals surface area contributed by atoms with Gasteiger partial charge in [0.1, 0.15) is 0 Å². The molecule has 4 N–H and O–H groups in total. The largest absolute Gasteiger partial charge is 0.377 e. The van der Waals surface area contributed by atoms with Crippen LogP contribution in [0.2, 0.25) is 0 Å². The Hall–Kier alpha value is -5.65. The number of hydrogen-bond acceptors (Lipinski definition) is 10. The first-order valence-corrected chi connectivity index (χ1v) is 21.4. The van der Waals surface area contributed by atoms with Crippen molar-refractivity contribution in [2.45, 2.75) is 45.1 Å². The van der Waals surface area contributed by atoms with Gasteiger partial charge in [0.25, 0.3) is 0 Å². The topological polar surface area (TPSA) is 73.4 Å². The third-order valence-corrected chi connectivity index (χ3v) is 12.6. The number of benzene rings is 3. The van der Waals surface area contributed by atoms with Gasteiger partial charge < -0.3 is 30.1 Å². The van der Waals surface area contributed by atoms with Crippen LogP contribution in [0.4, 0.5) is 27.1 Å². The summed E-state index contributed by atoms with van der Waals surface area (Å²) >= 11 is 1.35. The predicted molar refractivity (Wildman–Crippen MR) is 250 cm³/mol. The molecule has 3 aromatic carbocycles. The Morgan fingerprint density at radius 3 is 2.39 bits per heavy atom. The van der Waals surface area contributed by atoms with Crippen molar-refractivity contribution in [2.75, 3.05) is 66.3 Å². The molecule has 0 amide bonds. The Balaban J connectivity index is 0.890. The van der Waals surface area contributed by atoms with E-state index < -0.39 is 0 Å². The van der Waals surface area contributed by atoms with Crippen molar-refractivity contribution >= 4 is 52.2 Å². The highest BCUT2D eigenvalue weighted by Gasteiger charge is 2.26. The Morgan fingerprint density at radius 2 is 1.66 bits per heavy atom. The highest BCUT2D eigenvalue weighted by atomic mass is 32.2. The number of anilines is 4. The van der Waals surface area contributed by atoms with E-state index in [4.69, 9.17) is 0 Å². The summed E-state index contributed by atoms with van der Waals surface area (Å²) in [7, 11) is 1.95. The van der Waals surface area contributed by atoms with Crippen molar-refractivity contribution < 1.29 is 4.39 Å². The molecule has 0 aliphatic carbocycles. The first-order chi connectivity index (χ1) is 28.6. The van der Waals surface area contributed by atoms with Crippen LogP contribution in [0.25, 0.3) is 11.1 Å². The Morgan fingerprint density at radius 1 is 0.932 bits per heavy atom. The predicted octanol–water partition coefficient (Wildman–Crippen LogP) is 9.97. The summed E-state index contributed by atoms with van der Waals surface area (Å²) in [4.78, 5) is 7.37. The third-order valence-electron chi connectivity index (χ3n) is 11.8. The number of halogens is 1. The zero-order chi connectivity index (χ0) is 41.5. The van der Waals surface area contributed by atoms with Gasteiger partial charge in [0.05, 0.1) is 24.6 Å². The van der Waals surface area contributed by atoms with Crippen molar-refractivity contribution in [2.24, 2.45) is 11.0 Å². The first kappa shape index (κ1) is 41.5. The van der Waals surface area contributed by atoms with E-state index in [1.54, 1.807) is 24.5 Å². The van der Waals surface area contributed by atoms with E-state index in [-0.39, 0.29) is 11.9 Å². The van der Waals surface area contributed by atoms with Crippen LogP contribution in [0.15, 0.2) is 145 Å². The number of allylic oxidation sites excluding steroid dienone is 7. The monoisotopic (exact) mass is 811 g/mol. The average molecular weight is 812 g/mol. The van der Waals surface area contributed by atoms with E-state index in [0.717, 1.165) is 86.9 Å². The van der Waals surface area contributed by atoms with Crippen LogP contribution in [-0.2, 0) is 0 Å². The molecule has 0 spiro atoms. The van der Waals surface area contributed by atoms with Crippen LogP contribution in [0.1, 0.15) is 50.2 Å². The van der Waals surface area contributed by atoms with E-state index in [1.165, 1.54) is 42.0 Å². The van der Waals surface area contributed by atoms with Gasteiger partial charge in [-0.3, -0.25) is 5.43 Å². The second-order valence-corrected chi connectivity index (χ2v) is 16.8. The summed E-state index contributed by atoms with van der Waals surface area (Å²) < 4.78 is 20.8. The molecule has 0 bridgehead atoms. The van der Waals surface area contributed by atoms with Crippen LogP contribution in [0.5, 0.6) is 0 Å². The van der Waals surface area contributed by atoms with Gasteiger partial charge in [-0.05, 0) is 110 Å². The molecule has 0 aromatic heterocycles. The lowest BCUT2D eigenvalue weighted by atomic mass is 9.92. The fraction of sp³-hybridized carbons (Fsp3) is 0.312. The molecular weight excluding hydrogens is 754 g/mol. The number of nitrogens with one attached hydrogen (secondary N) is 4. The molecule has 59 heavy (non-hydrogen) atoms. The summed E-state index contributed by atoms with van der Waals surface area (Å²) in [5.41, 5.74) is 14.4. The van der Waals surface area contributed by atoms with E-state index in [1.807, 2.05) is 30.4 Å². The second-order valence-electron chi connectivity index (χ2n) is 15.8. The maximum atomic E-state index is 15.7. The lowest BCUT2D eigenvalue weighted by Crippen LogP contribution is -2.35. The minimum Gasteiger partial charge on any atom is -0.377 e. The van der Waals surface area contributed by atoms with Gasteiger partial charge in [0.15, 0.2) is 5.82 Å². The zero-order valence-corrected chi connectivity index (χ0v) is 35.4. The quantitative estimate of drug-likeness (QED) is 0.119. The van der Waals surface area contributed by atoms with E-state index >= 15 is 4.39 Å². The number of nitrogens with zero attached hydrogens (tertiary/aromatic N) is 5. The minimum absolute atomic E-state index is 0.220. The van der Waals surface area contributed by atoms with Crippen LogP contribution < -0.4 is 30.6 Å². The van der Waals surface area contributed by atoms with Crippen molar-refractivity contribution in [3.05, 3.63) is 157 Å². The van der Waals surface area contributed by atoms with Crippen LogP contribution in [-0.4, -0.2) is 67.9 Å². The maximum absolute atomic E-state index is 15.7. The zero-order valence-electron chi connectivity index (χ0n) is 34.6. The molecule has 11 heteroatoms. The van der Waals surface area contributed by atoms with E-state index in [2.05, 4.69) is 122 Å². The van der Waals surface area contributed by atoms with Gasteiger partial charge >= 0.3 is 0 Å². The molecule has 4 aliphatic rings. The molecule has 9 nitrogen and oxygen atoms in total. The average Bonchev–Trinajstić information content (AvgIpc) is 3.74. The second kappa shape index (κ2) is 18.9. The molecule has 3 saturated heterocycles. The normalized spacial score (nSPS) is 19.7. The molecule has 0 radical (unpaired) electrons. The van der Waals surface area contributed by atoms with Crippen LogP contribution in [0.3, 0.4) is 0 Å². The first-order valence-electron chi connectivity index (χ1n) is 20.6. The molecule has 0 saturated carbocycles. The number of hydrazone groups is 1. The van der Waals surface area contributed by atoms with Crippen LogP contribution >= 0.6 is 12.1 Å². The Kier molecular flexibility index (Phi) is 13.3. The van der Waals surface area contributed by atoms with E-state index in [0.29, 0.717) is 33.9 Å². The highest BCUT2D eigenvalue weighted by molar-refractivity contribution is 7.98. The summed E-state index contributed by atoms with van der Waals surface area (Å²) in [6.07, 6.45) is 10.8. The summed E-state index contributed by atoms with van der Waals surface area (Å²) in [6.45, 7) is 29.1. The van der Waals surface area contributed by atoms with Gasteiger partial charge in [-0.15, -0.1) is 0 Å². The molecule has 1 atom stereocenters. The van der Waals surface area contributed by atoms with Crippen molar-refractivity contribution in [3.8, 4) is 0 Å². The molecule has 4 heterocycles. The molecule has 1 unspecified atom stereocenters. The summed E-state index contributed by atoms with van der Waals surface area (Å²) in [5.74, 6) is 0.276. The van der Waals surface area contributed by atoms with Gasteiger partial charge in [-0.1, -0.05) is 64.1 Å². The van der Waals surface area contributed by atoms with E-state index in [9.17, 15) is 0 Å². The molecule has 3 aromatic rings. The van der Waals surface area contributed by atoms with Gasteiger partial charge in [0.2, 0.25) is 0 Å². The SMILES string of the molecule is C=C1CCC(Nc2ccc(N3CCC(CC(=C)N4CCN(c5ccc(C6=CC(=C)/C(C(=C)c7cccc(NSN(C)CC)c7F)=C\NN=C6)cc5)C4)CC3)cc2)C(=C)N1. The number of hydrogen-bond donors (Lipinski definition) is 4. The number of rotatable bonds is 14. The fourth-order valence-corrected chi connectivity index (χ4v) is 8.54. The van der Waals surface area contributed by atoms with Gasteiger partial charge in [-0.25, -0.2) is 8.70 Å². The fourth-order valence-electron chi connectivity index (χ4n) is 8.00. The van der Waals surface area contributed by atoms with Gasteiger partial charge in [-0.2, -0.15) is 5.10 Å². The third kappa shape index (κ3) is 10.1. The van der Waals surface area contributed by atoms with Crippen molar-refractivity contribution in [3.63, 3.8) is 0 Å². The molecule has 308 valence electrons. The van der Waals surface area contributed by atoms with Gasteiger partial charge in [0, 0.05) is 102 Å². The van der Waals surface area contributed by atoms with Crippen molar-refractivity contribution in [1.29, 1.82) is 0 Å².